The van der Waals surface area contributed by atoms with Crippen LogP contribution in [0.3, 0.4) is 0 Å². The van der Waals surface area contributed by atoms with Crippen LogP contribution in [0.4, 0.5) is 0 Å². The Kier molecular flexibility index (Phi) is 4.59. The van der Waals surface area contributed by atoms with E-state index in [1.807, 2.05) is 12.1 Å². The summed E-state index contributed by atoms with van der Waals surface area (Å²) in [6, 6.07) is 3.75. The van der Waals surface area contributed by atoms with E-state index in [1.165, 1.54) is 0 Å². The van der Waals surface area contributed by atoms with E-state index in [9.17, 15) is 0 Å². The minimum Gasteiger partial charge on any atom is -0.478 e. The Hall–Kier alpha value is -0.900. The molecule has 0 N–H and O–H groups in total. The predicted molar refractivity (Wildman–Crippen MR) is 61.0 cm³/mol. The highest BCUT2D eigenvalue weighted by Gasteiger charge is 2.02. The predicted octanol–water partition coefficient (Wildman–Crippen LogP) is 2.83. The molecule has 1 aromatic heterocycles. The van der Waals surface area contributed by atoms with Crippen LogP contribution in [0.25, 0.3) is 0 Å². The third kappa shape index (κ3) is 3.10. The number of hydrogen-bond acceptors (Lipinski definition) is 3. The summed E-state index contributed by atoms with van der Waals surface area (Å²) in [6.45, 7) is 6.69. The van der Waals surface area contributed by atoms with Crippen LogP contribution in [0.5, 0.6) is 5.88 Å². The molecule has 4 heteroatoms. The topological polar surface area (TPSA) is 34.5 Å². The van der Waals surface area contributed by atoms with E-state index in [0.717, 1.165) is 16.6 Å². The monoisotopic (exact) mass is 256 g/mol. The van der Waals surface area contributed by atoms with Crippen molar-refractivity contribution in [1.82, 2.24) is 4.98 Å². The van der Waals surface area contributed by atoms with Gasteiger partial charge in [0.2, 0.25) is 5.88 Å². The zero-order chi connectivity index (χ0) is 10.4. The first kappa shape index (κ1) is 11.2. The van der Waals surface area contributed by atoms with Crippen LogP contribution in [0, 0.1) is 0 Å². The Morgan fingerprint density at radius 1 is 1.57 bits per heavy atom. The van der Waals surface area contributed by atoms with E-state index < -0.39 is 0 Å². The molecule has 0 aliphatic heterocycles. The lowest BCUT2D eigenvalue weighted by Crippen LogP contribution is -1.99. The van der Waals surface area contributed by atoms with Gasteiger partial charge in [0, 0.05) is 10.5 Å². The Bertz CT molecular complexity index is 315. The van der Waals surface area contributed by atoms with Crippen molar-refractivity contribution < 1.29 is 4.74 Å². The molecule has 1 rings (SSSR count). The lowest BCUT2D eigenvalue weighted by Gasteiger charge is -2.06. The Balaban J connectivity index is 2.77. The first-order valence-corrected chi connectivity index (χ1v) is 5.28. The van der Waals surface area contributed by atoms with Gasteiger partial charge in [-0.2, -0.15) is 0 Å². The quantitative estimate of drug-likeness (QED) is 0.760. The van der Waals surface area contributed by atoms with Gasteiger partial charge in [0.25, 0.3) is 0 Å². The molecule has 0 amide bonds. The molecule has 14 heavy (non-hydrogen) atoms. The summed E-state index contributed by atoms with van der Waals surface area (Å²) in [6.07, 6.45) is 0.979. The van der Waals surface area contributed by atoms with Gasteiger partial charge in [0.05, 0.1) is 18.8 Å². The summed E-state index contributed by atoms with van der Waals surface area (Å²) in [4.78, 5) is 8.09. The van der Waals surface area contributed by atoms with Crippen LogP contribution in [-0.4, -0.2) is 18.3 Å². The van der Waals surface area contributed by atoms with Gasteiger partial charge in [-0.15, -0.1) is 0 Å². The normalized spacial score (nSPS) is 9.86. The molecule has 0 unspecified atom stereocenters. The number of hydrogen-bond donors (Lipinski definition) is 0. The Morgan fingerprint density at radius 2 is 2.36 bits per heavy atom. The zero-order valence-corrected chi connectivity index (χ0v) is 9.75. The third-order valence-corrected chi connectivity index (χ3v) is 2.33. The summed E-state index contributed by atoms with van der Waals surface area (Å²) in [7, 11) is 0. The van der Waals surface area contributed by atoms with E-state index >= 15 is 0 Å². The van der Waals surface area contributed by atoms with Gasteiger partial charge in [0.1, 0.15) is 0 Å². The molecule has 3 nitrogen and oxygen atoms in total. The highest BCUT2D eigenvalue weighted by Crippen LogP contribution is 2.19. The standard InChI is InChI=1S/C10H13BrN2O/c1-3-6-14-10-5-4-8(11)9(13-10)7-12-2/h4-5H,2-3,6-7H2,1H3. The van der Waals surface area contributed by atoms with Crippen LogP contribution in [0.1, 0.15) is 19.0 Å². The van der Waals surface area contributed by atoms with Crippen LogP contribution >= 0.6 is 15.9 Å². The molecule has 0 atom stereocenters. The van der Waals surface area contributed by atoms with E-state index in [0.29, 0.717) is 19.0 Å². The van der Waals surface area contributed by atoms with Crippen molar-refractivity contribution in [1.29, 1.82) is 0 Å². The van der Waals surface area contributed by atoms with Crippen molar-refractivity contribution >= 4 is 22.6 Å². The van der Waals surface area contributed by atoms with E-state index in [4.69, 9.17) is 4.74 Å². The maximum atomic E-state index is 5.40. The van der Waals surface area contributed by atoms with Crippen molar-refractivity contribution in [3.63, 3.8) is 0 Å². The Morgan fingerprint density at radius 3 is 3.00 bits per heavy atom. The first-order valence-electron chi connectivity index (χ1n) is 4.48. The van der Waals surface area contributed by atoms with Gasteiger partial charge in [-0.3, -0.25) is 4.99 Å². The van der Waals surface area contributed by atoms with Gasteiger partial charge in [-0.05, 0) is 35.1 Å². The second-order valence-corrected chi connectivity index (χ2v) is 3.66. The largest absolute Gasteiger partial charge is 0.478 e. The number of halogens is 1. The smallest absolute Gasteiger partial charge is 0.213 e. The average Bonchev–Trinajstić information content (AvgIpc) is 2.19. The molecule has 0 saturated carbocycles. The van der Waals surface area contributed by atoms with Crippen molar-refractivity contribution in [2.75, 3.05) is 6.61 Å². The molecular weight excluding hydrogens is 244 g/mol. The molecule has 0 bridgehead atoms. The van der Waals surface area contributed by atoms with Crippen molar-refractivity contribution in [3.05, 3.63) is 22.3 Å². The summed E-state index contributed by atoms with van der Waals surface area (Å²) in [5.74, 6) is 0.647. The van der Waals surface area contributed by atoms with Crippen LogP contribution in [-0.2, 0) is 6.54 Å². The number of rotatable bonds is 5. The van der Waals surface area contributed by atoms with E-state index in [-0.39, 0.29) is 0 Å². The highest BCUT2D eigenvalue weighted by molar-refractivity contribution is 9.10. The molecule has 0 radical (unpaired) electrons. The third-order valence-electron chi connectivity index (χ3n) is 1.61. The molecule has 0 aliphatic carbocycles. The highest BCUT2D eigenvalue weighted by atomic mass is 79.9. The van der Waals surface area contributed by atoms with E-state index in [1.54, 1.807) is 0 Å². The van der Waals surface area contributed by atoms with Crippen LogP contribution in [0.15, 0.2) is 21.6 Å². The summed E-state index contributed by atoms with van der Waals surface area (Å²) in [5.41, 5.74) is 0.855. The fraction of sp³-hybridized carbons (Fsp3) is 0.400. The second kappa shape index (κ2) is 5.75. The molecule has 0 aliphatic rings. The van der Waals surface area contributed by atoms with Gasteiger partial charge in [-0.1, -0.05) is 6.92 Å². The lowest BCUT2D eigenvalue weighted by molar-refractivity contribution is 0.304. The molecule has 0 spiro atoms. The first-order chi connectivity index (χ1) is 6.77. The maximum Gasteiger partial charge on any atom is 0.213 e. The van der Waals surface area contributed by atoms with Gasteiger partial charge >= 0.3 is 0 Å². The Labute approximate surface area is 92.4 Å². The maximum absolute atomic E-state index is 5.40. The minimum atomic E-state index is 0.504. The molecule has 76 valence electrons. The fourth-order valence-corrected chi connectivity index (χ4v) is 1.31. The minimum absolute atomic E-state index is 0.504. The summed E-state index contributed by atoms with van der Waals surface area (Å²) >= 11 is 3.39. The van der Waals surface area contributed by atoms with Crippen LogP contribution in [0.2, 0.25) is 0 Å². The summed E-state index contributed by atoms with van der Waals surface area (Å²) < 4.78 is 6.34. The molecule has 0 saturated heterocycles. The lowest BCUT2D eigenvalue weighted by atomic mass is 10.3. The van der Waals surface area contributed by atoms with Crippen molar-refractivity contribution in [2.24, 2.45) is 4.99 Å². The zero-order valence-electron chi connectivity index (χ0n) is 8.16. The molecule has 1 heterocycles. The SMILES string of the molecule is C=NCc1nc(OCCC)ccc1Br. The van der Waals surface area contributed by atoms with Crippen molar-refractivity contribution in [3.8, 4) is 5.88 Å². The van der Waals surface area contributed by atoms with Crippen molar-refractivity contribution in [2.45, 2.75) is 19.9 Å². The number of ether oxygens (including phenoxy) is 1. The average molecular weight is 257 g/mol. The van der Waals surface area contributed by atoms with E-state index in [2.05, 4.69) is 39.5 Å². The van der Waals surface area contributed by atoms with Gasteiger partial charge in [0.15, 0.2) is 0 Å². The van der Waals surface area contributed by atoms with Gasteiger partial charge in [-0.25, -0.2) is 4.98 Å². The number of pyridine rings is 1. The molecule has 1 aromatic rings. The molecule has 0 fully saturated rings. The molecule has 0 aromatic carbocycles. The fourth-order valence-electron chi connectivity index (χ4n) is 0.968. The van der Waals surface area contributed by atoms with Crippen LogP contribution < -0.4 is 4.74 Å². The van der Waals surface area contributed by atoms with Gasteiger partial charge < -0.3 is 4.74 Å². The second-order valence-electron chi connectivity index (χ2n) is 2.81. The number of aromatic nitrogens is 1. The summed E-state index contributed by atoms with van der Waals surface area (Å²) in [5, 5.41) is 0. The molecular formula is C10H13BrN2O. The number of aliphatic imine (C=N–C) groups is 1. The number of nitrogens with zero attached hydrogens (tertiary/aromatic N) is 2.